The molecule has 0 fully saturated rings. The van der Waals surface area contributed by atoms with Crippen LogP contribution < -0.4 is 0 Å². The van der Waals surface area contributed by atoms with Gasteiger partial charge in [0.15, 0.2) is 0 Å². The van der Waals surface area contributed by atoms with E-state index in [0.717, 1.165) is 16.7 Å². The van der Waals surface area contributed by atoms with Gasteiger partial charge in [-0.3, -0.25) is 4.79 Å². The molecule has 26 heavy (non-hydrogen) atoms. The summed E-state index contributed by atoms with van der Waals surface area (Å²) in [4.78, 5) is 14.6. The van der Waals surface area contributed by atoms with Crippen molar-refractivity contribution in [2.45, 2.75) is 12.5 Å². The third-order valence-electron chi connectivity index (χ3n) is 4.38. The molecule has 0 aliphatic carbocycles. The minimum Gasteiger partial charge on any atom is -0.334 e. The second kappa shape index (κ2) is 8.15. The van der Waals surface area contributed by atoms with Gasteiger partial charge in [0.05, 0.1) is 12.5 Å². The van der Waals surface area contributed by atoms with Crippen LogP contribution in [0.4, 0.5) is 4.39 Å². The van der Waals surface area contributed by atoms with Crippen LogP contribution in [0.15, 0.2) is 78.9 Å². The summed E-state index contributed by atoms with van der Waals surface area (Å²) in [5.41, 5.74) is 2.61. The van der Waals surface area contributed by atoms with Crippen molar-refractivity contribution in [2.75, 3.05) is 7.05 Å². The fourth-order valence-corrected chi connectivity index (χ4v) is 3.20. The first kappa shape index (κ1) is 18.2. The Balaban J connectivity index is 1.92. The molecule has 3 rings (SSSR count). The Kier molecular flexibility index (Phi) is 5.69. The number of carbonyl (C=O) groups excluding carboxylic acids is 1. The molecule has 0 aliphatic rings. The smallest absolute Gasteiger partial charge is 0.227 e. The third-order valence-corrected chi connectivity index (χ3v) is 4.75. The Morgan fingerprint density at radius 3 is 2.15 bits per heavy atom. The number of benzene rings is 3. The maximum Gasteiger partial charge on any atom is 0.227 e. The summed E-state index contributed by atoms with van der Waals surface area (Å²) in [5, 5.41) is 0.576. The standard InChI is InChI=1S/C22H19ClFNO/c1-25(21(26)15-18-9-5-6-10-20(18)23)22(16-7-3-2-4-8-16)17-11-13-19(24)14-12-17/h2-14,22H,15H2,1H3. The molecule has 0 radical (unpaired) electrons. The summed E-state index contributed by atoms with van der Waals surface area (Å²) < 4.78 is 13.3. The summed E-state index contributed by atoms with van der Waals surface area (Å²) in [5.74, 6) is -0.359. The Hall–Kier alpha value is -2.65. The molecule has 4 heteroatoms. The van der Waals surface area contributed by atoms with Gasteiger partial charge in [-0.25, -0.2) is 4.39 Å². The number of likely N-dealkylation sites (N-methyl/N-ethyl adjacent to an activating group) is 1. The zero-order valence-electron chi connectivity index (χ0n) is 14.4. The van der Waals surface area contributed by atoms with Gasteiger partial charge in [0.25, 0.3) is 0 Å². The van der Waals surface area contributed by atoms with Crippen LogP contribution in [-0.4, -0.2) is 17.9 Å². The number of hydrogen-bond acceptors (Lipinski definition) is 1. The Bertz CT molecular complexity index is 880. The predicted octanol–water partition coefficient (Wildman–Crippen LogP) is 5.27. The fraction of sp³-hybridized carbons (Fsp3) is 0.136. The molecule has 0 spiro atoms. The molecule has 1 unspecified atom stereocenters. The van der Waals surface area contributed by atoms with Crippen molar-refractivity contribution >= 4 is 17.5 Å². The lowest BCUT2D eigenvalue weighted by atomic mass is 9.96. The number of amides is 1. The average molecular weight is 368 g/mol. The zero-order valence-corrected chi connectivity index (χ0v) is 15.2. The van der Waals surface area contributed by atoms with Crippen molar-refractivity contribution in [3.05, 3.63) is 106 Å². The van der Waals surface area contributed by atoms with E-state index in [0.29, 0.717) is 5.02 Å². The van der Waals surface area contributed by atoms with E-state index < -0.39 is 0 Å². The Morgan fingerprint density at radius 2 is 1.50 bits per heavy atom. The first-order valence-electron chi connectivity index (χ1n) is 8.35. The van der Waals surface area contributed by atoms with E-state index in [4.69, 9.17) is 11.6 Å². The lowest BCUT2D eigenvalue weighted by molar-refractivity contribution is -0.130. The molecule has 3 aromatic carbocycles. The summed E-state index contributed by atoms with van der Waals surface area (Å²) >= 11 is 6.19. The molecule has 0 aliphatic heterocycles. The Morgan fingerprint density at radius 1 is 0.923 bits per heavy atom. The minimum absolute atomic E-state index is 0.0590. The molecule has 0 N–H and O–H groups in total. The quantitative estimate of drug-likeness (QED) is 0.601. The normalized spacial score (nSPS) is 11.8. The van der Waals surface area contributed by atoms with Gasteiger partial charge in [0.1, 0.15) is 5.82 Å². The van der Waals surface area contributed by atoms with Gasteiger partial charge in [-0.2, -0.15) is 0 Å². The van der Waals surface area contributed by atoms with Crippen molar-refractivity contribution in [1.29, 1.82) is 0 Å². The molecule has 3 aromatic rings. The maximum atomic E-state index is 13.3. The van der Waals surface area contributed by atoms with Crippen LogP contribution in [0, 0.1) is 5.82 Å². The van der Waals surface area contributed by atoms with Crippen LogP contribution in [0.2, 0.25) is 5.02 Å². The van der Waals surface area contributed by atoms with Gasteiger partial charge in [-0.15, -0.1) is 0 Å². The molecule has 132 valence electrons. The molecule has 1 atom stereocenters. The van der Waals surface area contributed by atoms with Crippen molar-refractivity contribution < 1.29 is 9.18 Å². The highest BCUT2D eigenvalue weighted by Gasteiger charge is 2.24. The van der Waals surface area contributed by atoms with E-state index in [-0.39, 0.29) is 24.2 Å². The number of nitrogens with zero attached hydrogens (tertiary/aromatic N) is 1. The van der Waals surface area contributed by atoms with E-state index in [9.17, 15) is 9.18 Å². The summed E-state index contributed by atoms with van der Waals surface area (Å²) in [7, 11) is 1.76. The second-order valence-electron chi connectivity index (χ2n) is 6.14. The first-order chi connectivity index (χ1) is 12.6. The van der Waals surface area contributed by atoms with Gasteiger partial charge in [-0.05, 0) is 34.9 Å². The van der Waals surface area contributed by atoms with Crippen molar-refractivity contribution in [2.24, 2.45) is 0 Å². The topological polar surface area (TPSA) is 20.3 Å². The summed E-state index contributed by atoms with van der Waals surface area (Å²) in [6, 6.07) is 23.0. The van der Waals surface area contributed by atoms with Gasteiger partial charge in [-0.1, -0.05) is 72.3 Å². The summed E-state index contributed by atoms with van der Waals surface area (Å²) in [6.45, 7) is 0. The fourth-order valence-electron chi connectivity index (χ4n) is 2.99. The third kappa shape index (κ3) is 4.12. The van der Waals surface area contributed by atoms with Crippen molar-refractivity contribution in [3.8, 4) is 0 Å². The van der Waals surface area contributed by atoms with Gasteiger partial charge < -0.3 is 4.90 Å². The predicted molar refractivity (Wildman–Crippen MR) is 103 cm³/mol. The highest BCUT2D eigenvalue weighted by Crippen LogP contribution is 2.29. The van der Waals surface area contributed by atoms with Crippen LogP contribution in [0.1, 0.15) is 22.7 Å². The Labute approximate surface area is 157 Å². The second-order valence-corrected chi connectivity index (χ2v) is 6.54. The molecule has 0 bridgehead atoms. The zero-order chi connectivity index (χ0) is 18.5. The highest BCUT2D eigenvalue weighted by molar-refractivity contribution is 6.31. The van der Waals surface area contributed by atoms with Crippen LogP contribution in [0.3, 0.4) is 0 Å². The van der Waals surface area contributed by atoms with Crippen LogP contribution >= 0.6 is 11.6 Å². The molecule has 0 heterocycles. The monoisotopic (exact) mass is 367 g/mol. The maximum absolute atomic E-state index is 13.3. The number of halogens is 2. The van der Waals surface area contributed by atoms with E-state index in [1.54, 1.807) is 30.1 Å². The molecule has 1 amide bonds. The number of hydrogen-bond donors (Lipinski definition) is 0. The lowest BCUT2D eigenvalue weighted by Gasteiger charge is -2.29. The molecule has 0 aromatic heterocycles. The van der Waals surface area contributed by atoms with Crippen molar-refractivity contribution in [3.63, 3.8) is 0 Å². The van der Waals surface area contributed by atoms with Gasteiger partial charge in [0, 0.05) is 12.1 Å². The largest absolute Gasteiger partial charge is 0.334 e. The van der Waals surface area contributed by atoms with E-state index >= 15 is 0 Å². The summed E-state index contributed by atoms with van der Waals surface area (Å²) in [6.07, 6.45) is 0.209. The number of rotatable bonds is 5. The molecule has 0 saturated carbocycles. The SMILES string of the molecule is CN(C(=O)Cc1ccccc1Cl)C(c1ccccc1)c1ccc(F)cc1. The number of carbonyl (C=O) groups is 1. The molecular weight excluding hydrogens is 349 g/mol. The molecule has 0 saturated heterocycles. The van der Waals surface area contributed by atoms with Crippen LogP contribution in [-0.2, 0) is 11.2 Å². The first-order valence-corrected chi connectivity index (χ1v) is 8.73. The van der Waals surface area contributed by atoms with E-state index in [2.05, 4.69) is 0 Å². The van der Waals surface area contributed by atoms with E-state index in [1.165, 1.54) is 12.1 Å². The van der Waals surface area contributed by atoms with Gasteiger partial charge in [0.2, 0.25) is 5.91 Å². The van der Waals surface area contributed by atoms with Crippen molar-refractivity contribution in [1.82, 2.24) is 4.90 Å². The molecule has 2 nitrogen and oxygen atoms in total. The highest BCUT2D eigenvalue weighted by atomic mass is 35.5. The average Bonchev–Trinajstić information content (AvgIpc) is 2.66. The minimum atomic E-state index is -0.300. The van der Waals surface area contributed by atoms with Gasteiger partial charge >= 0.3 is 0 Å². The van der Waals surface area contributed by atoms with Crippen LogP contribution in [0.25, 0.3) is 0 Å². The van der Waals surface area contributed by atoms with Crippen LogP contribution in [0.5, 0.6) is 0 Å². The molecular formula is C22H19ClFNO. The van der Waals surface area contributed by atoms with E-state index in [1.807, 2.05) is 48.5 Å². The lowest BCUT2D eigenvalue weighted by Crippen LogP contribution is -2.33.